The summed E-state index contributed by atoms with van der Waals surface area (Å²) in [4.78, 5) is 28.5. The van der Waals surface area contributed by atoms with Crippen molar-refractivity contribution in [2.75, 3.05) is 10.8 Å². The Balaban J connectivity index is 1.68. The first kappa shape index (κ1) is 29.6. The molecule has 0 spiro atoms. The minimum Gasteiger partial charge on any atom is -0.352 e. The number of sulfonamides is 1. The molecule has 10 heteroatoms. The van der Waals surface area contributed by atoms with Crippen LogP contribution in [0.2, 0.25) is 5.02 Å². The van der Waals surface area contributed by atoms with Gasteiger partial charge in [0.1, 0.15) is 18.4 Å². The van der Waals surface area contributed by atoms with Gasteiger partial charge in [0.05, 0.1) is 10.6 Å². The van der Waals surface area contributed by atoms with Crippen LogP contribution in [-0.2, 0) is 26.2 Å². The van der Waals surface area contributed by atoms with Crippen molar-refractivity contribution in [2.24, 2.45) is 0 Å². The molecule has 0 radical (unpaired) electrons. The van der Waals surface area contributed by atoms with Crippen molar-refractivity contribution in [3.8, 4) is 0 Å². The summed E-state index contributed by atoms with van der Waals surface area (Å²) in [5.74, 6) is -1.44. The minimum absolute atomic E-state index is 0.0105. The fourth-order valence-electron chi connectivity index (χ4n) is 4.78. The first-order chi connectivity index (χ1) is 19.0. The Morgan fingerprint density at radius 3 is 2.30 bits per heavy atom. The summed E-state index contributed by atoms with van der Waals surface area (Å²) in [7, 11) is -4.21. The predicted molar refractivity (Wildman–Crippen MR) is 154 cm³/mol. The Morgan fingerprint density at radius 1 is 1.02 bits per heavy atom. The van der Waals surface area contributed by atoms with E-state index in [9.17, 15) is 22.4 Å². The molecule has 1 fully saturated rings. The van der Waals surface area contributed by atoms with Crippen LogP contribution in [0.4, 0.5) is 10.1 Å². The molecule has 1 aliphatic rings. The maximum Gasteiger partial charge on any atom is 0.264 e. The van der Waals surface area contributed by atoms with Crippen LogP contribution < -0.4 is 9.62 Å². The molecule has 3 aromatic rings. The molecule has 0 heterocycles. The number of benzene rings is 3. The molecule has 1 unspecified atom stereocenters. The molecule has 0 bridgehead atoms. The number of carbonyl (C=O) groups is 2. The van der Waals surface area contributed by atoms with E-state index < -0.39 is 34.3 Å². The van der Waals surface area contributed by atoms with Crippen molar-refractivity contribution in [3.05, 3.63) is 94.8 Å². The van der Waals surface area contributed by atoms with E-state index in [1.54, 1.807) is 43.3 Å². The van der Waals surface area contributed by atoms with Crippen LogP contribution >= 0.6 is 11.6 Å². The summed E-state index contributed by atoms with van der Waals surface area (Å²) in [5, 5.41) is 3.51. The minimum atomic E-state index is -4.21. The highest BCUT2D eigenvalue weighted by atomic mass is 35.5. The summed E-state index contributed by atoms with van der Waals surface area (Å²) in [6, 6.07) is 17.3. The molecular weight excluding hydrogens is 553 g/mol. The maximum absolute atomic E-state index is 13.9. The molecular formula is C30H33ClFN3O4S. The van der Waals surface area contributed by atoms with Gasteiger partial charge in [-0.25, -0.2) is 12.8 Å². The number of hydrogen-bond donors (Lipinski definition) is 1. The molecule has 4 rings (SSSR count). The van der Waals surface area contributed by atoms with Gasteiger partial charge >= 0.3 is 0 Å². The maximum atomic E-state index is 13.9. The molecule has 0 aromatic heterocycles. The Bertz CT molecular complexity index is 1440. The number of nitrogens with zero attached hydrogens (tertiary/aromatic N) is 2. The second-order valence-electron chi connectivity index (χ2n) is 10.1. The normalized spacial score (nSPS) is 14.5. The van der Waals surface area contributed by atoms with Crippen LogP contribution in [0.5, 0.6) is 0 Å². The molecule has 1 atom stereocenters. The van der Waals surface area contributed by atoms with Gasteiger partial charge in [-0.1, -0.05) is 54.3 Å². The third-order valence-corrected chi connectivity index (χ3v) is 9.14. The first-order valence-electron chi connectivity index (χ1n) is 13.2. The second kappa shape index (κ2) is 12.8. The highest BCUT2D eigenvalue weighted by molar-refractivity contribution is 7.92. The zero-order valence-electron chi connectivity index (χ0n) is 22.5. The van der Waals surface area contributed by atoms with E-state index in [-0.39, 0.29) is 29.1 Å². The summed E-state index contributed by atoms with van der Waals surface area (Å²) in [5.41, 5.74) is 1.69. The van der Waals surface area contributed by atoms with Gasteiger partial charge in [-0.2, -0.15) is 0 Å². The second-order valence-corrected chi connectivity index (χ2v) is 12.4. The third kappa shape index (κ3) is 7.20. The molecule has 212 valence electrons. The number of aryl methyl sites for hydroxylation is 1. The molecule has 0 aliphatic heterocycles. The highest BCUT2D eigenvalue weighted by Crippen LogP contribution is 2.26. The average Bonchev–Trinajstić information content (AvgIpc) is 3.44. The number of hydrogen-bond acceptors (Lipinski definition) is 4. The predicted octanol–water partition coefficient (Wildman–Crippen LogP) is 5.46. The number of carbonyl (C=O) groups excluding carboxylic acids is 2. The number of rotatable bonds is 10. The Morgan fingerprint density at radius 2 is 1.68 bits per heavy atom. The fraction of sp³-hybridized carbons (Fsp3) is 0.333. The monoisotopic (exact) mass is 585 g/mol. The summed E-state index contributed by atoms with van der Waals surface area (Å²) in [6.07, 6.45) is 3.84. The summed E-state index contributed by atoms with van der Waals surface area (Å²) >= 11 is 6.18. The van der Waals surface area contributed by atoms with E-state index in [0.717, 1.165) is 47.7 Å². The SMILES string of the molecule is Cc1ccc(S(=O)(=O)N(CC(=O)N(Cc2cccc(Cl)c2)C(C)C(=O)NC2CCCC2)c2ccc(F)cc2)cc1. The van der Waals surface area contributed by atoms with E-state index in [1.807, 2.05) is 6.92 Å². The zero-order valence-corrected chi connectivity index (χ0v) is 24.1. The largest absolute Gasteiger partial charge is 0.352 e. The lowest BCUT2D eigenvalue weighted by Crippen LogP contribution is -2.52. The number of nitrogens with one attached hydrogen (secondary N) is 1. The van der Waals surface area contributed by atoms with Crippen LogP contribution in [0, 0.1) is 12.7 Å². The molecule has 1 N–H and O–H groups in total. The van der Waals surface area contributed by atoms with Gasteiger partial charge in [0.15, 0.2) is 0 Å². The topological polar surface area (TPSA) is 86.8 Å². The van der Waals surface area contributed by atoms with Crippen molar-refractivity contribution < 1.29 is 22.4 Å². The molecule has 1 aliphatic carbocycles. The molecule has 1 saturated carbocycles. The number of anilines is 1. The van der Waals surface area contributed by atoms with E-state index in [1.165, 1.54) is 29.2 Å². The standard InChI is InChI=1S/C30H33ClFN3O4S/c1-21-10-16-28(17-11-21)40(38,39)35(27-14-12-25(32)13-15-27)20-29(36)34(19-23-6-5-7-24(31)18-23)22(2)30(37)33-26-8-3-4-9-26/h5-7,10-18,22,26H,3-4,8-9,19-20H2,1-2H3,(H,33,37). The molecule has 7 nitrogen and oxygen atoms in total. The van der Waals surface area contributed by atoms with Gasteiger partial charge in [-0.3, -0.25) is 13.9 Å². The van der Waals surface area contributed by atoms with Gasteiger partial charge < -0.3 is 10.2 Å². The van der Waals surface area contributed by atoms with Gasteiger partial charge in [-0.15, -0.1) is 0 Å². The first-order valence-corrected chi connectivity index (χ1v) is 15.1. The summed E-state index contributed by atoms with van der Waals surface area (Å²) in [6.45, 7) is 2.91. The van der Waals surface area contributed by atoms with Crippen molar-refractivity contribution in [1.29, 1.82) is 0 Å². The lowest BCUT2D eigenvalue weighted by molar-refractivity contribution is -0.139. The van der Waals surface area contributed by atoms with Gasteiger partial charge in [-0.05, 0) is 80.8 Å². The third-order valence-electron chi connectivity index (χ3n) is 7.11. The average molecular weight is 586 g/mol. The van der Waals surface area contributed by atoms with Gasteiger partial charge in [0.25, 0.3) is 10.0 Å². The molecule has 2 amide bonds. The van der Waals surface area contributed by atoms with Crippen molar-refractivity contribution >= 4 is 39.1 Å². The smallest absolute Gasteiger partial charge is 0.264 e. The van der Waals surface area contributed by atoms with E-state index in [2.05, 4.69) is 5.32 Å². The van der Waals surface area contributed by atoms with Gasteiger partial charge in [0, 0.05) is 17.6 Å². The van der Waals surface area contributed by atoms with Crippen LogP contribution in [0.25, 0.3) is 0 Å². The quantitative estimate of drug-likeness (QED) is 0.342. The zero-order chi connectivity index (χ0) is 28.9. The molecule has 40 heavy (non-hydrogen) atoms. The lowest BCUT2D eigenvalue weighted by atomic mass is 10.1. The highest BCUT2D eigenvalue weighted by Gasteiger charge is 2.33. The van der Waals surface area contributed by atoms with Gasteiger partial charge in [0.2, 0.25) is 11.8 Å². The van der Waals surface area contributed by atoms with Crippen LogP contribution in [-0.4, -0.2) is 43.8 Å². The Kier molecular flexibility index (Phi) is 9.48. The Labute approximate surface area is 240 Å². The lowest BCUT2D eigenvalue weighted by Gasteiger charge is -2.32. The van der Waals surface area contributed by atoms with Crippen LogP contribution in [0.1, 0.15) is 43.7 Å². The van der Waals surface area contributed by atoms with E-state index in [4.69, 9.17) is 11.6 Å². The molecule has 0 saturated heterocycles. The molecule has 3 aromatic carbocycles. The Hall–Kier alpha value is -3.43. The van der Waals surface area contributed by atoms with Crippen molar-refractivity contribution in [1.82, 2.24) is 10.2 Å². The fourth-order valence-corrected chi connectivity index (χ4v) is 6.41. The van der Waals surface area contributed by atoms with E-state index >= 15 is 0 Å². The summed E-state index contributed by atoms with van der Waals surface area (Å²) < 4.78 is 42.3. The van der Waals surface area contributed by atoms with Crippen LogP contribution in [0.3, 0.4) is 0 Å². The van der Waals surface area contributed by atoms with Crippen LogP contribution in [0.15, 0.2) is 77.7 Å². The van der Waals surface area contributed by atoms with E-state index in [0.29, 0.717) is 10.6 Å². The van der Waals surface area contributed by atoms with Crippen molar-refractivity contribution in [2.45, 2.75) is 63.1 Å². The number of amides is 2. The number of halogens is 2. The van der Waals surface area contributed by atoms with Crippen molar-refractivity contribution in [3.63, 3.8) is 0 Å².